The minimum Gasteiger partial charge on any atom is -0.460 e. The molecule has 0 radical (unpaired) electrons. The maximum absolute atomic E-state index is 11.8. The third-order valence-corrected chi connectivity index (χ3v) is 4.27. The van der Waals surface area contributed by atoms with Gasteiger partial charge in [-0.05, 0) is 62.3 Å². The van der Waals surface area contributed by atoms with Crippen LogP contribution in [0.3, 0.4) is 0 Å². The molecule has 0 aromatic heterocycles. The van der Waals surface area contributed by atoms with Gasteiger partial charge in [0.1, 0.15) is 16.8 Å². The molecule has 0 aliphatic rings. The second-order valence-electron chi connectivity index (χ2n) is 11.7. The van der Waals surface area contributed by atoms with Gasteiger partial charge in [0, 0.05) is 19.6 Å². The lowest BCUT2D eigenvalue weighted by Crippen LogP contribution is -2.34. The van der Waals surface area contributed by atoms with Crippen molar-refractivity contribution >= 4 is 17.9 Å². The van der Waals surface area contributed by atoms with Crippen molar-refractivity contribution < 1.29 is 42.8 Å². The summed E-state index contributed by atoms with van der Waals surface area (Å²) in [6.07, 6.45) is 0.580. The summed E-state index contributed by atoms with van der Waals surface area (Å²) in [5.41, 5.74) is -1.54. The molecule has 0 bridgehead atoms. The third-order valence-electron chi connectivity index (χ3n) is 4.27. The van der Waals surface area contributed by atoms with Crippen LogP contribution in [0.5, 0.6) is 0 Å². The van der Waals surface area contributed by atoms with E-state index in [0.29, 0.717) is 39.5 Å². The number of rotatable bonds is 18. The molecule has 37 heavy (non-hydrogen) atoms. The van der Waals surface area contributed by atoms with E-state index in [1.54, 1.807) is 0 Å². The molecule has 0 N–H and O–H groups in total. The summed E-state index contributed by atoms with van der Waals surface area (Å²) in [6.45, 7) is 20.4. The average molecular weight is 534 g/mol. The zero-order valence-electron chi connectivity index (χ0n) is 24.6. The maximum atomic E-state index is 11.8. The van der Waals surface area contributed by atoms with Gasteiger partial charge < -0.3 is 28.4 Å². The van der Waals surface area contributed by atoms with E-state index in [4.69, 9.17) is 28.4 Å². The molecule has 218 valence electrons. The molecule has 0 aromatic carbocycles. The predicted octanol–water partition coefficient (Wildman–Crippen LogP) is 3.53. The summed E-state index contributed by atoms with van der Waals surface area (Å²) in [4.78, 5) is 37.5. The lowest BCUT2D eigenvalue weighted by atomic mass is 10.2. The van der Waals surface area contributed by atoms with Crippen LogP contribution in [0.2, 0.25) is 0 Å². The number of carbonyl (C=O) groups is 3. The molecule has 0 rings (SSSR count). The molecule has 0 amide bonds. The standard InChI is InChI=1S/C27H51NO9/c1-25(2,3)35-22(29)10-16-32-19-13-28(14-20-33-17-11-23(30)36-26(4,5)6)15-21-34-18-12-24(31)37-27(7,8)9/h10-21H2,1-9H3. The van der Waals surface area contributed by atoms with E-state index < -0.39 is 16.8 Å². The Balaban J connectivity index is 4.36. The van der Waals surface area contributed by atoms with Crippen molar-refractivity contribution in [3.63, 3.8) is 0 Å². The van der Waals surface area contributed by atoms with Crippen LogP contribution < -0.4 is 0 Å². The van der Waals surface area contributed by atoms with Gasteiger partial charge in [0.2, 0.25) is 0 Å². The van der Waals surface area contributed by atoms with Crippen molar-refractivity contribution in [3.8, 4) is 0 Å². The lowest BCUT2D eigenvalue weighted by molar-refractivity contribution is -0.157. The van der Waals surface area contributed by atoms with Crippen LogP contribution in [0.15, 0.2) is 0 Å². The Morgan fingerprint density at radius 2 is 0.703 bits per heavy atom. The fraction of sp³-hybridized carbons (Fsp3) is 0.889. The molecule has 10 heteroatoms. The molecule has 0 aliphatic carbocycles. The van der Waals surface area contributed by atoms with Crippen LogP contribution in [-0.4, -0.2) is 98.9 Å². The van der Waals surface area contributed by atoms with Gasteiger partial charge >= 0.3 is 17.9 Å². The first-order chi connectivity index (χ1) is 17.0. The molecular weight excluding hydrogens is 482 g/mol. The van der Waals surface area contributed by atoms with Crippen LogP contribution >= 0.6 is 0 Å². The van der Waals surface area contributed by atoms with E-state index in [9.17, 15) is 14.4 Å². The predicted molar refractivity (Wildman–Crippen MR) is 140 cm³/mol. The third kappa shape index (κ3) is 25.7. The Bertz CT molecular complexity index is 570. The van der Waals surface area contributed by atoms with E-state index in [1.165, 1.54) is 0 Å². The summed E-state index contributed by atoms with van der Waals surface area (Å²) >= 11 is 0. The van der Waals surface area contributed by atoms with Gasteiger partial charge in [0.05, 0.1) is 58.9 Å². The first kappa shape index (κ1) is 35.2. The van der Waals surface area contributed by atoms with Crippen molar-refractivity contribution in [1.29, 1.82) is 0 Å². The van der Waals surface area contributed by atoms with Gasteiger partial charge in [0.15, 0.2) is 0 Å². The normalized spacial score (nSPS) is 12.5. The van der Waals surface area contributed by atoms with Gasteiger partial charge in [0.25, 0.3) is 0 Å². The Labute approximate surface area is 223 Å². The lowest BCUT2D eigenvalue weighted by Gasteiger charge is -2.23. The molecule has 0 aromatic rings. The first-order valence-corrected chi connectivity index (χ1v) is 13.1. The molecule has 0 saturated heterocycles. The van der Waals surface area contributed by atoms with Crippen molar-refractivity contribution in [2.24, 2.45) is 0 Å². The van der Waals surface area contributed by atoms with Crippen molar-refractivity contribution in [2.75, 3.05) is 59.3 Å². The van der Waals surface area contributed by atoms with Gasteiger partial charge in [-0.25, -0.2) is 0 Å². The fourth-order valence-corrected chi connectivity index (χ4v) is 2.87. The van der Waals surface area contributed by atoms with Crippen LogP contribution in [0.4, 0.5) is 0 Å². The highest BCUT2D eigenvalue weighted by Crippen LogP contribution is 2.10. The zero-order chi connectivity index (χ0) is 28.5. The highest BCUT2D eigenvalue weighted by molar-refractivity contribution is 5.70. The van der Waals surface area contributed by atoms with Crippen LogP contribution in [0.1, 0.15) is 81.6 Å². The minimum atomic E-state index is -0.513. The van der Waals surface area contributed by atoms with Crippen molar-refractivity contribution in [3.05, 3.63) is 0 Å². The highest BCUT2D eigenvalue weighted by Gasteiger charge is 2.18. The summed E-state index contributed by atoms with van der Waals surface area (Å²) in [5.74, 6) is -0.872. The van der Waals surface area contributed by atoms with E-state index in [-0.39, 0.29) is 57.0 Å². The minimum absolute atomic E-state index is 0.193. The molecule has 10 nitrogen and oxygen atoms in total. The smallest absolute Gasteiger partial charge is 0.308 e. The van der Waals surface area contributed by atoms with E-state index in [0.717, 1.165) is 0 Å². The van der Waals surface area contributed by atoms with Gasteiger partial charge in [-0.3, -0.25) is 19.3 Å². The second-order valence-corrected chi connectivity index (χ2v) is 11.7. The molecule has 0 saturated carbocycles. The average Bonchev–Trinajstić information content (AvgIpc) is 2.68. The molecule has 0 fully saturated rings. The monoisotopic (exact) mass is 533 g/mol. The van der Waals surface area contributed by atoms with Gasteiger partial charge in [-0.2, -0.15) is 0 Å². The van der Waals surface area contributed by atoms with Crippen molar-refractivity contribution in [2.45, 2.75) is 98.4 Å². The summed E-state index contributed by atoms with van der Waals surface area (Å²) in [5, 5.41) is 0. The van der Waals surface area contributed by atoms with Crippen LogP contribution in [-0.2, 0) is 42.8 Å². The van der Waals surface area contributed by atoms with Crippen LogP contribution in [0, 0.1) is 0 Å². The number of hydrogen-bond donors (Lipinski definition) is 0. The molecule has 0 atom stereocenters. The molecule has 0 unspecified atom stereocenters. The molecular formula is C27H51NO9. The molecule has 0 aliphatic heterocycles. The number of esters is 3. The van der Waals surface area contributed by atoms with Crippen molar-refractivity contribution in [1.82, 2.24) is 4.90 Å². The maximum Gasteiger partial charge on any atom is 0.308 e. The van der Waals surface area contributed by atoms with E-state index >= 15 is 0 Å². The van der Waals surface area contributed by atoms with Crippen LogP contribution in [0.25, 0.3) is 0 Å². The topological polar surface area (TPSA) is 110 Å². The second kappa shape index (κ2) is 17.7. The number of nitrogens with zero attached hydrogens (tertiary/aromatic N) is 1. The number of carbonyl (C=O) groups excluding carboxylic acids is 3. The Morgan fingerprint density at radius 1 is 0.459 bits per heavy atom. The first-order valence-electron chi connectivity index (χ1n) is 13.1. The summed E-state index contributed by atoms with van der Waals surface area (Å²) in [6, 6.07) is 0. The largest absolute Gasteiger partial charge is 0.460 e. The van der Waals surface area contributed by atoms with Gasteiger partial charge in [-0.1, -0.05) is 0 Å². The molecule has 0 heterocycles. The zero-order valence-corrected chi connectivity index (χ0v) is 24.6. The van der Waals surface area contributed by atoms with E-state index in [2.05, 4.69) is 4.90 Å². The Hall–Kier alpha value is -1.75. The Kier molecular flexibility index (Phi) is 16.9. The summed E-state index contributed by atoms with van der Waals surface area (Å²) in [7, 11) is 0. The van der Waals surface area contributed by atoms with E-state index in [1.807, 2.05) is 62.3 Å². The number of ether oxygens (including phenoxy) is 6. The fourth-order valence-electron chi connectivity index (χ4n) is 2.87. The SMILES string of the molecule is CC(C)(C)OC(=O)CCOCCN(CCOCCC(=O)OC(C)(C)C)CCOCCC(=O)OC(C)(C)C. The molecule has 0 spiro atoms. The summed E-state index contributed by atoms with van der Waals surface area (Å²) < 4.78 is 32.7. The van der Waals surface area contributed by atoms with Gasteiger partial charge in [-0.15, -0.1) is 0 Å². The quantitative estimate of drug-likeness (QED) is 0.147. The highest BCUT2D eigenvalue weighted by atomic mass is 16.6. The number of hydrogen-bond acceptors (Lipinski definition) is 10. The Morgan fingerprint density at radius 3 is 0.919 bits per heavy atom.